The fourth-order valence-electron chi connectivity index (χ4n) is 2.15. The van der Waals surface area contributed by atoms with Crippen molar-refractivity contribution in [2.75, 3.05) is 19.3 Å². The van der Waals surface area contributed by atoms with Crippen LogP contribution in [0, 0.1) is 5.92 Å². The van der Waals surface area contributed by atoms with Crippen LogP contribution in [0.4, 0.5) is 0 Å². The van der Waals surface area contributed by atoms with E-state index < -0.39 is 10.0 Å². The Morgan fingerprint density at radius 2 is 1.47 bits per heavy atom. The molecule has 0 aromatic carbocycles. The molecule has 0 amide bonds. The Balaban J connectivity index is 2.48. The summed E-state index contributed by atoms with van der Waals surface area (Å²) in [7, 11) is -2.97. The maximum atomic E-state index is 11.4. The van der Waals surface area contributed by atoms with Crippen LogP contribution in [-0.4, -0.2) is 32.1 Å². The van der Waals surface area contributed by atoms with Crippen molar-refractivity contribution in [3.05, 3.63) is 0 Å². The summed E-state index contributed by atoms with van der Waals surface area (Å²) in [6.45, 7) is 3.73. The van der Waals surface area contributed by atoms with Crippen molar-refractivity contribution in [3.63, 3.8) is 0 Å². The molecule has 0 atom stereocenters. The SMILES string of the molecule is CC1CCCCN(S(C)(=O)=O)CCCC1. The third-order valence-electron chi connectivity index (χ3n) is 3.18. The maximum Gasteiger partial charge on any atom is 0.211 e. The number of sulfonamides is 1. The molecule has 0 saturated carbocycles. The summed E-state index contributed by atoms with van der Waals surface area (Å²) in [5.74, 6) is 0.815. The molecule has 90 valence electrons. The molecule has 0 bridgehead atoms. The first kappa shape index (κ1) is 13.0. The zero-order valence-corrected chi connectivity index (χ0v) is 10.7. The highest BCUT2D eigenvalue weighted by molar-refractivity contribution is 7.88. The van der Waals surface area contributed by atoms with E-state index in [0.29, 0.717) is 13.1 Å². The van der Waals surface area contributed by atoms with Gasteiger partial charge in [-0.2, -0.15) is 0 Å². The number of hydrogen-bond donors (Lipinski definition) is 0. The third kappa shape index (κ3) is 4.98. The first-order chi connectivity index (χ1) is 7.00. The smallest absolute Gasteiger partial charge is 0.211 e. The molecule has 4 heteroatoms. The molecule has 1 rings (SSSR count). The summed E-state index contributed by atoms with van der Waals surface area (Å²) in [5.41, 5.74) is 0. The molecule has 0 spiro atoms. The van der Waals surface area contributed by atoms with Crippen molar-refractivity contribution in [3.8, 4) is 0 Å². The summed E-state index contributed by atoms with van der Waals surface area (Å²) in [4.78, 5) is 0. The van der Waals surface area contributed by atoms with Crippen molar-refractivity contribution >= 4 is 10.0 Å². The lowest BCUT2D eigenvalue weighted by Gasteiger charge is -2.22. The zero-order chi connectivity index (χ0) is 11.3. The predicted molar refractivity (Wildman–Crippen MR) is 63.3 cm³/mol. The summed E-state index contributed by atoms with van der Waals surface area (Å²) < 4.78 is 24.5. The number of rotatable bonds is 1. The quantitative estimate of drug-likeness (QED) is 0.696. The summed E-state index contributed by atoms with van der Waals surface area (Å²) in [6.07, 6.45) is 8.16. The van der Waals surface area contributed by atoms with Crippen molar-refractivity contribution in [1.29, 1.82) is 0 Å². The van der Waals surface area contributed by atoms with E-state index in [0.717, 1.165) is 31.6 Å². The van der Waals surface area contributed by atoms with E-state index in [4.69, 9.17) is 0 Å². The third-order valence-corrected chi connectivity index (χ3v) is 4.48. The van der Waals surface area contributed by atoms with Gasteiger partial charge in [-0.1, -0.05) is 32.6 Å². The van der Waals surface area contributed by atoms with Crippen molar-refractivity contribution in [1.82, 2.24) is 4.31 Å². The minimum Gasteiger partial charge on any atom is -0.213 e. The minimum absolute atomic E-state index is 0.714. The first-order valence-corrected chi connectivity index (χ1v) is 7.80. The van der Waals surface area contributed by atoms with E-state index in [1.165, 1.54) is 19.1 Å². The molecular formula is C11H23NO2S. The second-order valence-electron chi connectivity index (χ2n) is 4.76. The van der Waals surface area contributed by atoms with E-state index >= 15 is 0 Å². The van der Waals surface area contributed by atoms with Crippen LogP contribution in [0.5, 0.6) is 0 Å². The summed E-state index contributed by atoms with van der Waals surface area (Å²) in [6, 6.07) is 0. The van der Waals surface area contributed by atoms with Crippen LogP contribution < -0.4 is 0 Å². The fourth-order valence-corrected chi connectivity index (χ4v) is 3.07. The van der Waals surface area contributed by atoms with Crippen LogP contribution in [0.2, 0.25) is 0 Å². The van der Waals surface area contributed by atoms with Crippen LogP contribution in [0.25, 0.3) is 0 Å². The van der Waals surface area contributed by atoms with E-state index in [1.807, 2.05) is 0 Å². The molecule has 0 aromatic heterocycles. The van der Waals surface area contributed by atoms with Gasteiger partial charge in [0.25, 0.3) is 0 Å². The van der Waals surface area contributed by atoms with Gasteiger partial charge in [-0.05, 0) is 18.8 Å². The average molecular weight is 233 g/mol. The Labute approximate surface area is 93.9 Å². The molecule has 1 heterocycles. The van der Waals surface area contributed by atoms with E-state index in [-0.39, 0.29) is 0 Å². The van der Waals surface area contributed by atoms with Crippen molar-refractivity contribution in [2.45, 2.75) is 45.4 Å². The second kappa shape index (κ2) is 5.85. The maximum absolute atomic E-state index is 11.4. The minimum atomic E-state index is -2.97. The predicted octanol–water partition coefficient (Wildman–Crippen LogP) is 2.24. The summed E-state index contributed by atoms with van der Waals surface area (Å²) >= 11 is 0. The van der Waals surface area contributed by atoms with E-state index in [9.17, 15) is 8.42 Å². The topological polar surface area (TPSA) is 37.4 Å². The van der Waals surface area contributed by atoms with Gasteiger partial charge in [-0.15, -0.1) is 0 Å². The Bertz CT molecular complexity index is 262. The van der Waals surface area contributed by atoms with Crippen LogP contribution in [0.1, 0.15) is 45.4 Å². The van der Waals surface area contributed by atoms with Gasteiger partial charge < -0.3 is 0 Å². The lowest BCUT2D eigenvalue weighted by molar-refractivity contribution is 0.348. The normalized spacial score (nSPS) is 23.9. The van der Waals surface area contributed by atoms with E-state index in [1.54, 1.807) is 4.31 Å². The fraction of sp³-hybridized carbons (Fsp3) is 1.00. The highest BCUT2D eigenvalue weighted by atomic mass is 32.2. The first-order valence-electron chi connectivity index (χ1n) is 5.95. The molecule has 1 fully saturated rings. The standard InChI is InChI=1S/C11H23NO2S/c1-11-7-3-5-9-12(15(2,13)14)10-6-4-8-11/h11H,3-10H2,1-2H3. The number of hydrogen-bond acceptors (Lipinski definition) is 2. The lowest BCUT2D eigenvalue weighted by Crippen LogP contribution is -2.32. The molecule has 1 aliphatic heterocycles. The Hall–Kier alpha value is -0.0900. The van der Waals surface area contributed by atoms with Crippen molar-refractivity contribution < 1.29 is 8.42 Å². The summed E-state index contributed by atoms with van der Waals surface area (Å²) in [5, 5.41) is 0. The monoisotopic (exact) mass is 233 g/mol. The Morgan fingerprint density at radius 1 is 1.00 bits per heavy atom. The largest absolute Gasteiger partial charge is 0.213 e. The molecule has 3 nitrogen and oxygen atoms in total. The van der Waals surface area contributed by atoms with Gasteiger partial charge in [0.1, 0.15) is 0 Å². The van der Waals surface area contributed by atoms with Gasteiger partial charge in [0.05, 0.1) is 6.26 Å². The molecule has 0 unspecified atom stereocenters. The van der Waals surface area contributed by atoms with E-state index in [2.05, 4.69) is 6.92 Å². The molecule has 1 saturated heterocycles. The van der Waals surface area contributed by atoms with Gasteiger partial charge in [-0.25, -0.2) is 12.7 Å². The molecule has 0 aromatic rings. The van der Waals surface area contributed by atoms with Crippen LogP contribution in [-0.2, 0) is 10.0 Å². The van der Waals surface area contributed by atoms with Crippen LogP contribution in [0.3, 0.4) is 0 Å². The lowest BCUT2D eigenvalue weighted by atomic mass is 9.97. The van der Waals surface area contributed by atoms with Crippen LogP contribution >= 0.6 is 0 Å². The van der Waals surface area contributed by atoms with Gasteiger partial charge in [-0.3, -0.25) is 0 Å². The molecule has 0 radical (unpaired) electrons. The molecule has 0 N–H and O–H groups in total. The van der Waals surface area contributed by atoms with Gasteiger partial charge in [0, 0.05) is 13.1 Å². The van der Waals surface area contributed by atoms with Gasteiger partial charge in [0.2, 0.25) is 10.0 Å². The molecular weight excluding hydrogens is 210 g/mol. The zero-order valence-electron chi connectivity index (χ0n) is 9.91. The van der Waals surface area contributed by atoms with Gasteiger partial charge >= 0.3 is 0 Å². The Morgan fingerprint density at radius 3 is 1.87 bits per heavy atom. The highest BCUT2D eigenvalue weighted by Gasteiger charge is 2.16. The van der Waals surface area contributed by atoms with Crippen molar-refractivity contribution in [2.24, 2.45) is 5.92 Å². The molecule has 0 aliphatic carbocycles. The van der Waals surface area contributed by atoms with Crippen LogP contribution in [0.15, 0.2) is 0 Å². The second-order valence-corrected chi connectivity index (χ2v) is 6.74. The molecule has 15 heavy (non-hydrogen) atoms. The van der Waals surface area contributed by atoms with Gasteiger partial charge in [0.15, 0.2) is 0 Å². The molecule has 1 aliphatic rings. The number of nitrogens with zero attached hydrogens (tertiary/aromatic N) is 1. The average Bonchev–Trinajstić information content (AvgIpc) is 2.14. The Kier molecular flexibility index (Phi) is 5.06. The highest BCUT2D eigenvalue weighted by Crippen LogP contribution is 2.18.